The van der Waals surface area contributed by atoms with Gasteiger partial charge in [-0.1, -0.05) is 218 Å². The molecule has 2 aliphatic carbocycles. The topological polar surface area (TPSA) is 26.3 Å². The molecule has 0 saturated carbocycles. The predicted molar refractivity (Wildman–Crippen MR) is 363 cm³/mol. The van der Waals surface area contributed by atoms with Crippen molar-refractivity contribution >= 4 is 72.8 Å². The molecule has 2 heterocycles. The van der Waals surface area contributed by atoms with Crippen LogP contribution in [0.2, 0.25) is 26.2 Å². The summed E-state index contributed by atoms with van der Waals surface area (Å²) in [4.78, 5) is 0. The number of halogens is 2. The van der Waals surface area contributed by atoms with Crippen molar-refractivity contribution in [1.82, 2.24) is 0 Å². The molecule has 2 aliphatic rings. The number of rotatable bonds is 10. The molecule has 12 aromatic rings. The number of hydrogen-bond donors (Lipinski definition) is 0. The van der Waals surface area contributed by atoms with Gasteiger partial charge in [0, 0.05) is 0 Å². The average Bonchev–Trinajstić information content (AvgIpc) is 1.62. The summed E-state index contributed by atoms with van der Waals surface area (Å²) >= 11 is 0. The first-order valence-corrected chi connectivity index (χ1v) is 34.8. The van der Waals surface area contributed by atoms with Gasteiger partial charge in [0.15, 0.2) is 0 Å². The van der Waals surface area contributed by atoms with Crippen LogP contribution in [-0.4, -0.2) is 17.6 Å². The quantitative estimate of drug-likeness (QED) is 0.101. The predicted octanol–water partition coefficient (Wildman–Crippen LogP) is 14.7. The minimum absolute atomic E-state index is 0. The summed E-state index contributed by atoms with van der Waals surface area (Å²) in [7, 11) is -1.30. The molecule has 0 fully saturated rings. The molecule has 0 bridgehead atoms. The second-order valence-electron chi connectivity index (χ2n) is 24.1. The molecular formula is C80H72Cl2O2Si2Zr. The third kappa shape index (κ3) is 11.1. The first-order valence-electron chi connectivity index (χ1n) is 29.8. The van der Waals surface area contributed by atoms with E-state index in [0.717, 1.165) is 23.0 Å². The second kappa shape index (κ2) is 25.6. The van der Waals surface area contributed by atoms with Gasteiger partial charge in [0.2, 0.25) is 0 Å². The number of aryl methyl sites for hydroxylation is 6. The molecule has 87 heavy (non-hydrogen) atoms. The second-order valence-corrected chi connectivity index (χ2v) is 29.2. The van der Waals surface area contributed by atoms with Crippen LogP contribution in [0, 0.1) is 55.4 Å². The van der Waals surface area contributed by atoms with Crippen molar-refractivity contribution in [2.75, 3.05) is 0 Å². The van der Waals surface area contributed by atoms with Gasteiger partial charge in [0.05, 0.1) is 17.6 Å². The monoisotopic (exact) mass is 1280 g/mol. The number of hydrogen-bond acceptors (Lipinski definition) is 2. The van der Waals surface area contributed by atoms with Gasteiger partial charge in [-0.25, -0.2) is 0 Å². The maximum absolute atomic E-state index is 6.38. The zero-order valence-corrected chi connectivity index (χ0v) is 57.8. The molecule has 14 rings (SSSR count). The van der Waals surface area contributed by atoms with Gasteiger partial charge in [0.1, 0.15) is 23.0 Å². The van der Waals surface area contributed by atoms with Crippen LogP contribution in [-0.2, 0) is 26.2 Å². The van der Waals surface area contributed by atoms with E-state index in [-0.39, 0.29) is 62.9 Å². The SMILES string of the molecule is Cc1ccc(C2=Cc3c(ccc(C)c3-c3ccccc3)C2c2c(C)[cH-]c3cc([Si](C)C)c(C)c(-c4ccccc4)c23)o1.Cc1ccc(C2=Cc3c(ccc(C)c3-c3ccccc3)C2c2c(C)[cH-]c3cc([Si](C)C)c(C)c(-c4ccccc4)c23)o1.[Cl-].[Cl-].[Zr+4]. The van der Waals surface area contributed by atoms with E-state index in [1.807, 2.05) is 13.8 Å². The van der Waals surface area contributed by atoms with Crippen molar-refractivity contribution in [3.8, 4) is 44.5 Å². The van der Waals surface area contributed by atoms with Crippen molar-refractivity contribution < 1.29 is 59.9 Å². The van der Waals surface area contributed by atoms with Crippen molar-refractivity contribution in [3.63, 3.8) is 0 Å². The van der Waals surface area contributed by atoms with Crippen molar-refractivity contribution in [2.45, 2.75) is 93.4 Å². The Kier molecular flexibility index (Phi) is 18.5. The molecule has 2 aromatic heterocycles. The zero-order chi connectivity index (χ0) is 58.2. The molecule has 0 saturated heterocycles. The van der Waals surface area contributed by atoms with E-state index in [1.165, 1.54) is 154 Å². The molecule has 10 aromatic carbocycles. The first kappa shape index (κ1) is 63.0. The Hall–Kier alpha value is -7.08. The molecule has 430 valence electrons. The van der Waals surface area contributed by atoms with Crippen LogP contribution >= 0.6 is 0 Å². The molecular weight excluding hydrogens is 1210 g/mol. The van der Waals surface area contributed by atoms with Gasteiger partial charge in [-0.05, 0) is 168 Å². The molecule has 0 spiro atoms. The van der Waals surface area contributed by atoms with Crippen LogP contribution < -0.4 is 35.2 Å². The Bertz CT molecular complexity index is 4280. The fourth-order valence-electron chi connectivity index (χ4n) is 14.5. The Morgan fingerprint density at radius 3 is 1.00 bits per heavy atom. The normalized spacial score (nSPS) is 14.0. The summed E-state index contributed by atoms with van der Waals surface area (Å²) in [6, 6.07) is 71.4. The molecule has 2 nitrogen and oxygen atoms in total. The summed E-state index contributed by atoms with van der Waals surface area (Å²) < 4.78 is 12.8. The fraction of sp³-hybridized carbons (Fsp3) is 0.175. The van der Waals surface area contributed by atoms with Crippen molar-refractivity contribution in [2.24, 2.45) is 0 Å². The van der Waals surface area contributed by atoms with Crippen LogP contribution in [0.5, 0.6) is 0 Å². The number of fused-ring (bicyclic) bond motifs is 4. The van der Waals surface area contributed by atoms with E-state index in [0.29, 0.717) is 0 Å². The average molecular weight is 1280 g/mol. The Morgan fingerprint density at radius 2 is 0.701 bits per heavy atom. The Labute approximate surface area is 550 Å². The molecule has 7 heteroatoms. The summed E-state index contributed by atoms with van der Waals surface area (Å²) in [6.07, 6.45) is 4.82. The summed E-state index contributed by atoms with van der Waals surface area (Å²) in [5.41, 5.74) is 29.3. The maximum atomic E-state index is 6.38. The summed E-state index contributed by atoms with van der Waals surface area (Å²) in [5.74, 6) is 3.95. The minimum atomic E-state index is -0.649. The minimum Gasteiger partial charge on any atom is -1.00 e. The zero-order valence-electron chi connectivity index (χ0n) is 51.9. The van der Waals surface area contributed by atoms with E-state index in [2.05, 4.69) is 274 Å². The van der Waals surface area contributed by atoms with Crippen LogP contribution in [0.3, 0.4) is 0 Å². The van der Waals surface area contributed by atoms with Crippen LogP contribution in [0.15, 0.2) is 203 Å². The summed E-state index contributed by atoms with van der Waals surface area (Å²) in [5, 5.41) is 8.52. The molecule has 0 aliphatic heterocycles. The van der Waals surface area contributed by atoms with E-state index in [9.17, 15) is 0 Å². The van der Waals surface area contributed by atoms with Gasteiger partial charge in [0.25, 0.3) is 0 Å². The van der Waals surface area contributed by atoms with Gasteiger partial charge < -0.3 is 33.6 Å². The van der Waals surface area contributed by atoms with Crippen molar-refractivity contribution in [1.29, 1.82) is 0 Å². The largest absolute Gasteiger partial charge is 4.00 e. The third-order valence-electron chi connectivity index (χ3n) is 18.1. The van der Waals surface area contributed by atoms with Crippen LogP contribution in [0.1, 0.15) is 102 Å². The number of benzene rings is 8. The van der Waals surface area contributed by atoms with E-state index in [1.54, 1.807) is 0 Å². The van der Waals surface area contributed by atoms with Crippen LogP contribution in [0.25, 0.3) is 89.4 Å². The van der Waals surface area contributed by atoms with E-state index >= 15 is 0 Å². The standard InChI is InChI=1S/2C40H36OSi.2ClH.Zr/c2*1-24-17-19-31-32(36(24)28-13-9-7-10-14-28)23-33(34-20-18-26(3)41-34)40(31)37-25(2)21-30-22-35(42(5)6)27(4)38(39(30)37)29-15-11-8-12-16-29;;;/h2*7-23,40H,1-6H3;2*1H;/q2*-1;;;+4/p-2. The molecule has 0 N–H and O–H groups in total. The fourth-order valence-corrected chi connectivity index (χ4v) is 17.1. The Balaban J connectivity index is 0.000000186. The van der Waals surface area contributed by atoms with Gasteiger partial charge in [-0.15, -0.1) is 68.1 Å². The summed E-state index contributed by atoms with van der Waals surface area (Å²) in [6.45, 7) is 27.5. The first-order chi connectivity index (χ1) is 40.7. The smallest absolute Gasteiger partial charge is 1.00 e. The van der Waals surface area contributed by atoms with Gasteiger partial charge in [-0.3, -0.25) is 0 Å². The van der Waals surface area contributed by atoms with E-state index < -0.39 is 17.6 Å². The number of allylic oxidation sites excluding steroid dienone is 2. The van der Waals surface area contributed by atoms with Crippen LogP contribution in [0.4, 0.5) is 0 Å². The van der Waals surface area contributed by atoms with E-state index in [4.69, 9.17) is 8.83 Å². The van der Waals surface area contributed by atoms with Gasteiger partial charge in [-0.2, -0.15) is 0 Å². The third-order valence-corrected chi connectivity index (χ3v) is 21.3. The van der Waals surface area contributed by atoms with Crippen molar-refractivity contribution in [3.05, 3.63) is 284 Å². The van der Waals surface area contributed by atoms with Gasteiger partial charge >= 0.3 is 26.2 Å². The molecule has 2 unspecified atom stereocenters. The molecule has 2 atom stereocenters. The Morgan fingerprint density at radius 1 is 0.379 bits per heavy atom. The number of furan rings is 2. The maximum Gasteiger partial charge on any atom is 4.00 e. The molecule has 2 radical (unpaired) electrons. The molecule has 0 amide bonds.